The molecular weight excluding hydrogens is 242 g/mol. The summed E-state index contributed by atoms with van der Waals surface area (Å²) in [5, 5.41) is 3.94. The number of rotatable bonds is 3. The van der Waals surface area contributed by atoms with Crippen LogP contribution in [0.1, 0.15) is 31.6 Å². The molecule has 0 aliphatic heterocycles. The largest absolute Gasteiger partial charge is 0.339 e. The van der Waals surface area contributed by atoms with Crippen LogP contribution in [0, 0.1) is 5.92 Å². The Bertz CT molecular complexity index is 565. The molecule has 1 unspecified atom stereocenters. The quantitative estimate of drug-likeness (QED) is 0.844. The van der Waals surface area contributed by atoms with Gasteiger partial charge in [-0.15, -0.1) is 0 Å². The summed E-state index contributed by atoms with van der Waals surface area (Å²) in [5.74, 6) is 1.45. The van der Waals surface area contributed by atoms with Gasteiger partial charge in [0.1, 0.15) is 5.78 Å². The third-order valence-corrected chi connectivity index (χ3v) is 3.49. The van der Waals surface area contributed by atoms with Crippen LogP contribution in [-0.4, -0.2) is 20.9 Å². The van der Waals surface area contributed by atoms with Gasteiger partial charge in [0.25, 0.3) is 0 Å². The Labute approximate surface area is 111 Å². The van der Waals surface area contributed by atoms with Gasteiger partial charge in [-0.3, -0.25) is 9.78 Å². The second kappa shape index (κ2) is 5.30. The normalized spacial score (nSPS) is 19.6. The number of hydrogen-bond acceptors (Lipinski definition) is 5. The Balaban J connectivity index is 1.73. The number of carbonyl (C=O) groups excluding carboxylic acids is 1. The van der Waals surface area contributed by atoms with Gasteiger partial charge in [-0.25, -0.2) is 0 Å². The topological polar surface area (TPSA) is 68.9 Å². The summed E-state index contributed by atoms with van der Waals surface area (Å²) in [7, 11) is 0. The molecule has 1 saturated carbocycles. The minimum atomic E-state index is 0.0518. The van der Waals surface area contributed by atoms with Gasteiger partial charge in [-0.1, -0.05) is 11.6 Å². The first-order valence-corrected chi connectivity index (χ1v) is 6.58. The number of pyridine rings is 1. The van der Waals surface area contributed by atoms with E-state index in [1.54, 1.807) is 12.4 Å². The average molecular weight is 257 g/mol. The van der Waals surface area contributed by atoms with E-state index in [0.717, 1.165) is 24.8 Å². The number of Topliss-reactive ketones (excluding diaryl/α,β-unsaturated/α-hetero) is 1. The lowest BCUT2D eigenvalue weighted by molar-refractivity contribution is -0.124. The van der Waals surface area contributed by atoms with Crippen LogP contribution in [0.2, 0.25) is 0 Å². The molecule has 2 aromatic heterocycles. The van der Waals surface area contributed by atoms with E-state index in [0.29, 0.717) is 30.3 Å². The number of carbonyl (C=O) groups is 1. The van der Waals surface area contributed by atoms with E-state index in [1.165, 1.54) is 0 Å². The van der Waals surface area contributed by atoms with E-state index in [4.69, 9.17) is 4.52 Å². The lowest BCUT2D eigenvalue weighted by Crippen LogP contribution is -2.21. The molecule has 1 aliphatic rings. The zero-order valence-electron chi connectivity index (χ0n) is 10.6. The highest BCUT2D eigenvalue weighted by molar-refractivity contribution is 5.81. The van der Waals surface area contributed by atoms with Gasteiger partial charge in [0, 0.05) is 36.7 Å². The fraction of sp³-hybridized carbons (Fsp3) is 0.429. The molecule has 1 atom stereocenters. The first-order valence-electron chi connectivity index (χ1n) is 6.58. The number of ketones is 1. The Hall–Kier alpha value is -2.04. The van der Waals surface area contributed by atoms with Crippen LogP contribution in [0.5, 0.6) is 0 Å². The summed E-state index contributed by atoms with van der Waals surface area (Å²) in [5.41, 5.74) is 0.826. The lowest BCUT2D eigenvalue weighted by atomic mass is 9.86. The number of nitrogens with zero attached hydrogens (tertiary/aromatic N) is 3. The SMILES string of the molecule is O=C1CCCCC1Cc1nc(-c2cccnc2)no1. The smallest absolute Gasteiger partial charge is 0.227 e. The molecule has 2 aromatic rings. The summed E-state index contributed by atoms with van der Waals surface area (Å²) in [6.45, 7) is 0. The lowest BCUT2D eigenvalue weighted by Gasteiger charge is -2.18. The minimum Gasteiger partial charge on any atom is -0.339 e. The number of hydrogen-bond donors (Lipinski definition) is 0. The first kappa shape index (κ1) is 12.0. The molecule has 5 heteroatoms. The van der Waals surface area contributed by atoms with Gasteiger partial charge in [0.15, 0.2) is 0 Å². The third kappa shape index (κ3) is 2.70. The van der Waals surface area contributed by atoms with Crippen LogP contribution < -0.4 is 0 Å². The molecule has 19 heavy (non-hydrogen) atoms. The Morgan fingerprint density at radius 3 is 3.11 bits per heavy atom. The second-order valence-corrected chi connectivity index (χ2v) is 4.87. The molecule has 0 N–H and O–H groups in total. The van der Waals surface area contributed by atoms with Gasteiger partial charge >= 0.3 is 0 Å². The molecular formula is C14H15N3O2. The van der Waals surface area contributed by atoms with Crippen molar-refractivity contribution in [1.82, 2.24) is 15.1 Å². The van der Waals surface area contributed by atoms with Crippen LogP contribution in [0.4, 0.5) is 0 Å². The van der Waals surface area contributed by atoms with E-state index >= 15 is 0 Å². The first-order chi connectivity index (χ1) is 9.33. The van der Waals surface area contributed by atoms with Crippen LogP contribution in [0.3, 0.4) is 0 Å². The maximum absolute atomic E-state index is 11.8. The Morgan fingerprint density at radius 2 is 2.32 bits per heavy atom. The molecule has 0 spiro atoms. The maximum Gasteiger partial charge on any atom is 0.227 e. The summed E-state index contributed by atoms with van der Waals surface area (Å²) in [6, 6.07) is 3.71. The van der Waals surface area contributed by atoms with E-state index < -0.39 is 0 Å². The molecule has 98 valence electrons. The summed E-state index contributed by atoms with van der Waals surface area (Å²) in [6.07, 6.45) is 7.70. The van der Waals surface area contributed by atoms with Crippen molar-refractivity contribution in [3.8, 4) is 11.4 Å². The van der Waals surface area contributed by atoms with Crippen molar-refractivity contribution in [3.63, 3.8) is 0 Å². The summed E-state index contributed by atoms with van der Waals surface area (Å²) < 4.78 is 5.23. The van der Waals surface area contributed by atoms with Crippen molar-refractivity contribution in [2.24, 2.45) is 5.92 Å². The number of aromatic nitrogens is 3. The molecule has 0 saturated heterocycles. The fourth-order valence-electron chi connectivity index (χ4n) is 2.43. The predicted molar refractivity (Wildman–Crippen MR) is 68.2 cm³/mol. The predicted octanol–water partition coefficient (Wildman–Crippen LogP) is 2.43. The van der Waals surface area contributed by atoms with Gasteiger partial charge in [0.05, 0.1) is 0 Å². The van der Waals surface area contributed by atoms with Crippen LogP contribution in [-0.2, 0) is 11.2 Å². The fourth-order valence-corrected chi connectivity index (χ4v) is 2.43. The standard InChI is InChI=1S/C14H15N3O2/c18-12-6-2-1-4-10(12)8-13-16-14(17-19-13)11-5-3-7-15-9-11/h3,5,7,9-10H,1-2,4,6,8H2. The second-order valence-electron chi connectivity index (χ2n) is 4.87. The molecule has 0 amide bonds. The van der Waals surface area contributed by atoms with Crippen molar-refractivity contribution in [1.29, 1.82) is 0 Å². The zero-order chi connectivity index (χ0) is 13.1. The maximum atomic E-state index is 11.8. The highest BCUT2D eigenvalue weighted by Gasteiger charge is 2.24. The molecule has 3 rings (SSSR count). The summed E-state index contributed by atoms with van der Waals surface area (Å²) >= 11 is 0. The Kier molecular flexibility index (Phi) is 3.35. The van der Waals surface area contributed by atoms with Crippen LogP contribution >= 0.6 is 0 Å². The monoisotopic (exact) mass is 257 g/mol. The molecule has 0 radical (unpaired) electrons. The van der Waals surface area contributed by atoms with E-state index in [2.05, 4.69) is 15.1 Å². The van der Waals surface area contributed by atoms with Gasteiger partial charge in [0.2, 0.25) is 11.7 Å². The van der Waals surface area contributed by atoms with Crippen LogP contribution in [0.15, 0.2) is 29.0 Å². The highest BCUT2D eigenvalue weighted by atomic mass is 16.5. The van der Waals surface area contributed by atoms with Crippen molar-refractivity contribution in [2.45, 2.75) is 32.1 Å². The third-order valence-electron chi connectivity index (χ3n) is 3.49. The van der Waals surface area contributed by atoms with Crippen molar-refractivity contribution < 1.29 is 9.32 Å². The minimum absolute atomic E-state index is 0.0518. The van der Waals surface area contributed by atoms with Crippen LogP contribution in [0.25, 0.3) is 11.4 Å². The molecule has 1 fully saturated rings. The van der Waals surface area contributed by atoms with E-state index in [-0.39, 0.29) is 5.92 Å². The average Bonchev–Trinajstić information content (AvgIpc) is 2.91. The molecule has 2 heterocycles. The van der Waals surface area contributed by atoms with Gasteiger partial charge in [-0.05, 0) is 25.0 Å². The van der Waals surface area contributed by atoms with E-state index in [9.17, 15) is 4.79 Å². The highest BCUT2D eigenvalue weighted by Crippen LogP contribution is 2.24. The van der Waals surface area contributed by atoms with Crippen molar-refractivity contribution in [2.75, 3.05) is 0 Å². The Morgan fingerprint density at radius 1 is 1.37 bits per heavy atom. The molecule has 0 aromatic carbocycles. The molecule has 5 nitrogen and oxygen atoms in total. The molecule has 1 aliphatic carbocycles. The summed E-state index contributed by atoms with van der Waals surface area (Å²) in [4.78, 5) is 20.1. The van der Waals surface area contributed by atoms with Crippen molar-refractivity contribution >= 4 is 5.78 Å². The molecule has 0 bridgehead atoms. The zero-order valence-corrected chi connectivity index (χ0v) is 10.6. The van der Waals surface area contributed by atoms with Crippen molar-refractivity contribution in [3.05, 3.63) is 30.4 Å². The van der Waals surface area contributed by atoms with Gasteiger partial charge < -0.3 is 4.52 Å². The van der Waals surface area contributed by atoms with Gasteiger partial charge in [-0.2, -0.15) is 4.98 Å². The van der Waals surface area contributed by atoms with E-state index in [1.807, 2.05) is 12.1 Å².